The van der Waals surface area contributed by atoms with Crippen molar-refractivity contribution in [3.63, 3.8) is 0 Å². The van der Waals surface area contributed by atoms with Crippen LogP contribution >= 0.6 is 0 Å². The SMILES string of the molecule is CC(C)CC1CN(C2CCCC2)CCN1. The second kappa shape index (κ2) is 5.31. The molecule has 2 rings (SSSR count). The summed E-state index contributed by atoms with van der Waals surface area (Å²) in [6.07, 6.45) is 7.17. The van der Waals surface area contributed by atoms with Crippen LogP contribution in [0.3, 0.4) is 0 Å². The molecule has 1 saturated carbocycles. The van der Waals surface area contributed by atoms with E-state index in [1.807, 2.05) is 0 Å². The summed E-state index contributed by atoms with van der Waals surface area (Å²) in [4.78, 5) is 2.75. The van der Waals surface area contributed by atoms with Gasteiger partial charge in [0.2, 0.25) is 0 Å². The molecular weight excluding hydrogens is 184 g/mol. The van der Waals surface area contributed by atoms with Gasteiger partial charge in [-0.3, -0.25) is 4.90 Å². The number of hydrogen-bond acceptors (Lipinski definition) is 2. The van der Waals surface area contributed by atoms with Gasteiger partial charge in [0.05, 0.1) is 0 Å². The Kier molecular flexibility index (Phi) is 4.04. The van der Waals surface area contributed by atoms with Gasteiger partial charge >= 0.3 is 0 Å². The van der Waals surface area contributed by atoms with E-state index in [-0.39, 0.29) is 0 Å². The predicted molar refractivity (Wildman–Crippen MR) is 65.1 cm³/mol. The zero-order valence-electron chi connectivity index (χ0n) is 10.3. The van der Waals surface area contributed by atoms with Crippen LogP contribution in [0.5, 0.6) is 0 Å². The molecule has 0 spiro atoms. The van der Waals surface area contributed by atoms with E-state index in [9.17, 15) is 0 Å². The van der Waals surface area contributed by atoms with E-state index >= 15 is 0 Å². The zero-order chi connectivity index (χ0) is 10.7. The van der Waals surface area contributed by atoms with Gasteiger partial charge in [-0.15, -0.1) is 0 Å². The molecule has 1 saturated heterocycles. The maximum atomic E-state index is 3.66. The molecule has 0 amide bonds. The molecule has 2 nitrogen and oxygen atoms in total. The van der Waals surface area contributed by atoms with Crippen LogP contribution in [0.1, 0.15) is 46.0 Å². The quantitative estimate of drug-likeness (QED) is 0.768. The van der Waals surface area contributed by atoms with Gasteiger partial charge in [-0.25, -0.2) is 0 Å². The van der Waals surface area contributed by atoms with E-state index in [4.69, 9.17) is 0 Å². The lowest BCUT2D eigenvalue weighted by atomic mass is 10.0. The third-order valence-electron chi connectivity index (χ3n) is 3.88. The van der Waals surface area contributed by atoms with Crippen molar-refractivity contribution in [1.29, 1.82) is 0 Å². The highest BCUT2D eigenvalue weighted by Gasteiger charge is 2.27. The Morgan fingerprint density at radius 1 is 1.27 bits per heavy atom. The first-order chi connectivity index (χ1) is 7.25. The summed E-state index contributed by atoms with van der Waals surface area (Å²) >= 11 is 0. The number of piperazine rings is 1. The number of nitrogens with zero attached hydrogens (tertiary/aromatic N) is 1. The summed E-state index contributed by atoms with van der Waals surface area (Å²) in [6, 6.07) is 1.67. The average molecular weight is 210 g/mol. The second-order valence-corrected chi connectivity index (χ2v) is 5.71. The summed E-state index contributed by atoms with van der Waals surface area (Å²) in [5.41, 5.74) is 0. The summed E-state index contributed by atoms with van der Waals surface area (Å²) < 4.78 is 0. The van der Waals surface area contributed by atoms with Crippen LogP contribution in [0, 0.1) is 5.92 Å². The Balaban J connectivity index is 1.80. The average Bonchev–Trinajstić information content (AvgIpc) is 2.69. The largest absolute Gasteiger partial charge is 0.311 e. The van der Waals surface area contributed by atoms with Gasteiger partial charge in [0.1, 0.15) is 0 Å². The van der Waals surface area contributed by atoms with Crippen molar-refractivity contribution in [2.45, 2.75) is 58.0 Å². The molecule has 0 radical (unpaired) electrons. The molecule has 1 aliphatic heterocycles. The molecular formula is C13H26N2. The van der Waals surface area contributed by atoms with Crippen molar-refractivity contribution in [3.05, 3.63) is 0 Å². The molecule has 0 aromatic heterocycles. The number of hydrogen-bond donors (Lipinski definition) is 1. The predicted octanol–water partition coefficient (Wildman–Crippen LogP) is 2.25. The van der Waals surface area contributed by atoms with Crippen molar-refractivity contribution in [3.8, 4) is 0 Å². The normalized spacial score (nSPS) is 30.2. The van der Waals surface area contributed by atoms with Gasteiger partial charge in [-0.1, -0.05) is 26.7 Å². The minimum Gasteiger partial charge on any atom is -0.311 e. The Morgan fingerprint density at radius 2 is 2.00 bits per heavy atom. The van der Waals surface area contributed by atoms with Crippen LogP contribution in [-0.4, -0.2) is 36.6 Å². The minimum atomic E-state index is 0.749. The molecule has 2 heteroatoms. The zero-order valence-corrected chi connectivity index (χ0v) is 10.3. The van der Waals surface area contributed by atoms with Crippen LogP contribution in [0.15, 0.2) is 0 Å². The highest BCUT2D eigenvalue weighted by Crippen LogP contribution is 2.24. The lowest BCUT2D eigenvalue weighted by Crippen LogP contribution is -2.53. The van der Waals surface area contributed by atoms with E-state index in [0.717, 1.165) is 18.0 Å². The first-order valence-corrected chi connectivity index (χ1v) is 6.73. The Bertz CT molecular complexity index is 185. The molecule has 2 aliphatic rings. The minimum absolute atomic E-state index is 0.749. The van der Waals surface area contributed by atoms with Crippen molar-refractivity contribution in [2.75, 3.05) is 19.6 Å². The highest BCUT2D eigenvalue weighted by molar-refractivity contribution is 4.85. The summed E-state index contributed by atoms with van der Waals surface area (Å²) in [5, 5.41) is 3.66. The standard InChI is InChI=1S/C13H26N2/c1-11(2)9-12-10-15(8-7-14-12)13-5-3-4-6-13/h11-14H,3-10H2,1-2H3. The third kappa shape index (κ3) is 3.18. The molecule has 1 atom stereocenters. The lowest BCUT2D eigenvalue weighted by molar-refractivity contribution is 0.137. The first kappa shape index (κ1) is 11.4. The molecule has 1 aliphatic carbocycles. The molecule has 1 unspecified atom stereocenters. The molecule has 0 bridgehead atoms. The van der Waals surface area contributed by atoms with Crippen molar-refractivity contribution in [1.82, 2.24) is 10.2 Å². The van der Waals surface area contributed by atoms with E-state index in [1.54, 1.807) is 0 Å². The summed E-state index contributed by atoms with van der Waals surface area (Å²) in [7, 11) is 0. The Hall–Kier alpha value is -0.0800. The molecule has 1 heterocycles. The van der Waals surface area contributed by atoms with Crippen LogP contribution in [0.2, 0.25) is 0 Å². The molecule has 0 aromatic carbocycles. The molecule has 1 N–H and O–H groups in total. The van der Waals surface area contributed by atoms with Gasteiger partial charge in [0, 0.05) is 31.7 Å². The fourth-order valence-electron chi connectivity index (χ4n) is 3.18. The molecule has 2 fully saturated rings. The topological polar surface area (TPSA) is 15.3 Å². The Morgan fingerprint density at radius 3 is 2.67 bits per heavy atom. The van der Waals surface area contributed by atoms with Crippen LogP contribution in [0.4, 0.5) is 0 Å². The monoisotopic (exact) mass is 210 g/mol. The third-order valence-corrected chi connectivity index (χ3v) is 3.88. The molecule has 15 heavy (non-hydrogen) atoms. The fourth-order valence-corrected chi connectivity index (χ4v) is 3.18. The van der Waals surface area contributed by atoms with Gasteiger partial charge in [-0.2, -0.15) is 0 Å². The number of rotatable bonds is 3. The highest BCUT2D eigenvalue weighted by atomic mass is 15.2. The Labute approximate surface area is 94.4 Å². The van der Waals surface area contributed by atoms with Crippen LogP contribution in [-0.2, 0) is 0 Å². The maximum absolute atomic E-state index is 3.66. The van der Waals surface area contributed by atoms with E-state index < -0.39 is 0 Å². The van der Waals surface area contributed by atoms with Crippen molar-refractivity contribution in [2.24, 2.45) is 5.92 Å². The number of nitrogens with one attached hydrogen (secondary N) is 1. The summed E-state index contributed by atoms with van der Waals surface area (Å²) in [6.45, 7) is 8.43. The van der Waals surface area contributed by atoms with E-state index in [2.05, 4.69) is 24.1 Å². The first-order valence-electron chi connectivity index (χ1n) is 6.73. The van der Waals surface area contributed by atoms with Gasteiger partial charge in [-0.05, 0) is 25.2 Å². The van der Waals surface area contributed by atoms with Gasteiger partial charge < -0.3 is 5.32 Å². The van der Waals surface area contributed by atoms with Crippen molar-refractivity contribution < 1.29 is 0 Å². The van der Waals surface area contributed by atoms with Crippen molar-refractivity contribution >= 4 is 0 Å². The second-order valence-electron chi connectivity index (χ2n) is 5.71. The molecule has 0 aromatic rings. The van der Waals surface area contributed by atoms with E-state index in [0.29, 0.717) is 0 Å². The van der Waals surface area contributed by atoms with Crippen LogP contribution in [0.25, 0.3) is 0 Å². The van der Waals surface area contributed by atoms with Gasteiger partial charge in [0.25, 0.3) is 0 Å². The maximum Gasteiger partial charge on any atom is 0.0198 e. The fraction of sp³-hybridized carbons (Fsp3) is 1.00. The lowest BCUT2D eigenvalue weighted by Gasteiger charge is -2.38. The summed E-state index contributed by atoms with van der Waals surface area (Å²) in [5.74, 6) is 0.825. The van der Waals surface area contributed by atoms with Crippen LogP contribution < -0.4 is 5.32 Å². The smallest absolute Gasteiger partial charge is 0.0198 e. The van der Waals surface area contributed by atoms with E-state index in [1.165, 1.54) is 51.7 Å². The van der Waals surface area contributed by atoms with Gasteiger partial charge in [0.15, 0.2) is 0 Å². The molecule has 88 valence electrons.